The zero-order valence-electron chi connectivity index (χ0n) is 22.9. The molecule has 3 aromatic heterocycles. The summed E-state index contributed by atoms with van der Waals surface area (Å²) < 4.78 is 7.62. The van der Waals surface area contributed by atoms with Crippen LogP contribution >= 0.6 is 11.6 Å². The fourth-order valence-electron chi connectivity index (χ4n) is 5.00. The summed E-state index contributed by atoms with van der Waals surface area (Å²) in [6.45, 7) is 11.3. The largest absolute Gasteiger partial charge is 0.468 e. The second-order valence-corrected chi connectivity index (χ2v) is 11.2. The lowest BCUT2D eigenvalue weighted by molar-refractivity contribution is 0.168. The van der Waals surface area contributed by atoms with Crippen molar-refractivity contribution in [3.05, 3.63) is 110 Å². The molecule has 0 spiro atoms. The maximum absolute atomic E-state index is 13.8. The number of fused-ring (bicyclic) bond motifs is 1. The standard InChI is InChI=1S/C30H33ClN6O2/c1-6-30(4,5)37-28(33-34-35-37)27(25-16-24-20(3)14-19(2)15-26(24)32-29(25)38)36(18-23-8-7-13-39-23)17-21-9-11-22(31)12-10-21/h7-16,27H,6,17-18H2,1-5H3,(H,32,38)/t27-/m0/s1. The van der Waals surface area contributed by atoms with Crippen molar-refractivity contribution in [2.45, 2.75) is 65.7 Å². The summed E-state index contributed by atoms with van der Waals surface area (Å²) in [4.78, 5) is 19.1. The van der Waals surface area contributed by atoms with E-state index in [2.05, 4.69) is 59.2 Å². The van der Waals surface area contributed by atoms with Gasteiger partial charge >= 0.3 is 0 Å². The van der Waals surface area contributed by atoms with Crippen LogP contribution in [0.5, 0.6) is 0 Å². The molecule has 2 aromatic carbocycles. The van der Waals surface area contributed by atoms with E-state index in [-0.39, 0.29) is 11.1 Å². The van der Waals surface area contributed by atoms with E-state index in [1.807, 2.05) is 60.1 Å². The Labute approximate surface area is 232 Å². The zero-order chi connectivity index (χ0) is 27.7. The molecule has 0 aliphatic carbocycles. The highest BCUT2D eigenvalue weighted by Gasteiger charge is 2.35. The predicted octanol–water partition coefficient (Wildman–Crippen LogP) is 6.31. The van der Waals surface area contributed by atoms with Crippen molar-refractivity contribution in [2.75, 3.05) is 0 Å². The summed E-state index contributed by atoms with van der Waals surface area (Å²) in [5, 5.41) is 14.7. The molecule has 39 heavy (non-hydrogen) atoms. The minimum atomic E-state index is -0.569. The van der Waals surface area contributed by atoms with Crippen LogP contribution in [0.4, 0.5) is 0 Å². The molecule has 0 bridgehead atoms. The van der Waals surface area contributed by atoms with Crippen molar-refractivity contribution >= 4 is 22.5 Å². The summed E-state index contributed by atoms with van der Waals surface area (Å²) >= 11 is 6.19. The Morgan fingerprint density at radius 1 is 1.10 bits per heavy atom. The van der Waals surface area contributed by atoms with Crippen molar-refractivity contribution in [2.24, 2.45) is 0 Å². The lowest BCUT2D eigenvalue weighted by Crippen LogP contribution is -2.38. The Morgan fingerprint density at radius 2 is 1.87 bits per heavy atom. The van der Waals surface area contributed by atoms with Crippen LogP contribution in [-0.2, 0) is 18.6 Å². The molecular formula is C30H33ClN6O2. The van der Waals surface area contributed by atoms with E-state index in [9.17, 15) is 4.79 Å². The van der Waals surface area contributed by atoms with E-state index >= 15 is 0 Å². The molecular weight excluding hydrogens is 512 g/mol. The zero-order valence-corrected chi connectivity index (χ0v) is 23.7. The van der Waals surface area contributed by atoms with Crippen LogP contribution in [0.3, 0.4) is 0 Å². The number of aryl methyl sites for hydroxylation is 2. The summed E-state index contributed by atoms with van der Waals surface area (Å²) in [6, 6.07) is 17.1. The number of nitrogens with one attached hydrogen (secondary N) is 1. The fourth-order valence-corrected chi connectivity index (χ4v) is 5.13. The molecule has 0 fully saturated rings. The third-order valence-corrected chi connectivity index (χ3v) is 7.67. The minimum absolute atomic E-state index is 0.179. The van der Waals surface area contributed by atoms with E-state index in [0.717, 1.165) is 39.8 Å². The smallest absolute Gasteiger partial charge is 0.253 e. The number of furan rings is 1. The Hall–Kier alpha value is -3.75. The second-order valence-electron chi connectivity index (χ2n) is 10.7. The molecule has 9 heteroatoms. The molecule has 8 nitrogen and oxygen atoms in total. The number of aromatic nitrogens is 5. The Kier molecular flexibility index (Phi) is 7.42. The highest BCUT2D eigenvalue weighted by Crippen LogP contribution is 2.33. The maximum atomic E-state index is 13.8. The molecule has 5 aromatic rings. The van der Waals surface area contributed by atoms with Crippen LogP contribution in [0.1, 0.15) is 67.1 Å². The number of halogens is 1. The molecule has 0 saturated carbocycles. The van der Waals surface area contributed by atoms with Gasteiger partial charge in [-0.15, -0.1) is 5.10 Å². The molecule has 1 N–H and O–H groups in total. The quantitative estimate of drug-likeness (QED) is 0.233. The molecule has 0 radical (unpaired) electrons. The molecule has 0 saturated heterocycles. The molecule has 5 rings (SSSR count). The van der Waals surface area contributed by atoms with Gasteiger partial charge in [0.05, 0.1) is 18.3 Å². The van der Waals surface area contributed by atoms with Gasteiger partial charge in [-0.2, -0.15) is 0 Å². The average molecular weight is 545 g/mol. The van der Waals surface area contributed by atoms with Crippen molar-refractivity contribution in [3.8, 4) is 0 Å². The SMILES string of the molecule is CCC(C)(C)n1nnnc1[C@H](c1cc2c(C)cc(C)cc2[nH]c1=O)N(Cc1ccc(Cl)cc1)Cc1ccco1. The Morgan fingerprint density at radius 3 is 2.56 bits per heavy atom. The number of hydrogen-bond donors (Lipinski definition) is 1. The number of pyridine rings is 1. The Bertz CT molecular complexity index is 1640. The van der Waals surface area contributed by atoms with Crippen LogP contribution in [0.25, 0.3) is 10.9 Å². The first-order valence-corrected chi connectivity index (χ1v) is 13.5. The number of H-pyrrole nitrogens is 1. The number of hydrogen-bond acceptors (Lipinski definition) is 6. The summed E-state index contributed by atoms with van der Waals surface area (Å²) in [5.74, 6) is 1.36. The van der Waals surface area contributed by atoms with E-state index in [1.165, 1.54) is 0 Å². The normalized spacial score (nSPS) is 12.9. The average Bonchev–Trinajstić information content (AvgIpc) is 3.59. The van der Waals surface area contributed by atoms with Gasteiger partial charge in [-0.3, -0.25) is 9.69 Å². The number of tetrazole rings is 1. The topological polar surface area (TPSA) is 92.8 Å². The van der Waals surface area contributed by atoms with Crippen molar-refractivity contribution < 1.29 is 4.42 Å². The molecule has 0 unspecified atom stereocenters. The van der Waals surface area contributed by atoms with Gasteiger partial charge in [0.2, 0.25) is 0 Å². The number of rotatable bonds is 9. The molecule has 3 heterocycles. The molecule has 0 aliphatic heterocycles. The van der Waals surface area contributed by atoms with Gasteiger partial charge < -0.3 is 9.40 Å². The number of aromatic amines is 1. The van der Waals surface area contributed by atoms with E-state index in [4.69, 9.17) is 16.0 Å². The lowest BCUT2D eigenvalue weighted by Gasteiger charge is -2.33. The van der Waals surface area contributed by atoms with Gasteiger partial charge in [0.25, 0.3) is 5.56 Å². The third-order valence-electron chi connectivity index (χ3n) is 7.42. The van der Waals surface area contributed by atoms with Crippen LogP contribution in [-0.4, -0.2) is 30.1 Å². The summed E-state index contributed by atoms with van der Waals surface area (Å²) in [5.41, 5.74) is 4.04. The third kappa shape index (κ3) is 5.53. The maximum Gasteiger partial charge on any atom is 0.253 e. The van der Waals surface area contributed by atoms with Crippen LogP contribution in [0, 0.1) is 13.8 Å². The summed E-state index contributed by atoms with van der Waals surface area (Å²) in [7, 11) is 0. The lowest BCUT2D eigenvalue weighted by atomic mass is 9.97. The first-order chi connectivity index (χ1) is 18.7. The van der Waals surface area contributed by atoms with Gasteiger partial charge in [0, 0.05) is 28.0 Å². The van der Waals surface area contributed by atoms with Crippen molar-refractivity contribution in [1.82, 2.24) is 30.1 Å². The van der Waals surface area contributed by atoms with Gasteiger partial charge in [-0.05, 0) is 97.6 Å². The minimum Gasteiger partial charge on any atom is -0.468 e. The van der Waals surface area contributed by atoms with Crippen LogP contribution in [0.15, 0.2) is 70.1 Å². The number of nitrogens with zero attached hydrogens (tertiary/aromatic N) is 5. The fraction of sp³-hybridized carbons (Fsp3) is 0.333. The van der Waals surface area contributed by atoms with E-state index < -0.39 is 6.04 Å². The predicted molar refractivity (Wildman–Crippen MR) is 153 cm³/mol. The van der Waals surface area contributed by atoms with Crippen LogP contribution < -0.4 is 5.56 Å². The molecule has 202 valence electrons. The highest BCUT2D eigenvalue weighted by atomic mass is 35.5. The van der Waals surface area contributed by atoms with Crippen molar-refractivity contribution in [1.29, 1.82) is 0 Å². The van der Waals surface area contributed by atoms with Gasteiger partial charge in [0.1, 0.15) is 11.8 Å². The monoisotopic (exact) mass is 544 g/mol. The highest BCUT2D eigenvalue weighted by molar-refractivity contribution is 6.30. The number of benzene rings is 2. The second kappa shape index (κ2) is 10.8. The van der Waals surface area contributed by atoms with E-state index in [0.29, 0.717) is 29.5 Å². The van der Waals surface area contributed by atoms with Gasteiger partial charge in [0.15, 0.2) is 5.82 Å². The van der Waals surface area contributed by atoms with Gasteiger partial charge in [-0.1, -0.05) is 36.7 Å². The van der Waals surface area contributed by atoms with Crippen LogP contribution in [0.2, 0.25) is 5.02 Å². The Balaban J connectivity index is 1.75. The van der Waals surface area contributed by atoms with Gasteiger partial charge in [-0.25, -0.2) is 4.68 Å². The molecule has 1 atom stereocenters. The summed E-state index contributed by atoms with van der Waals surface area (Å²) in [6.07, 6.45) is 2.46. The molecule has 0 aliphatic rings. The van der Waals surface area contributed by atoms with E-state index in [1.54, 1.807) is 6.26 Å². The first-order valence-electron chi connectivity index (χ1n) is 13.1. The molecule has 0 amide bonds. The van der Waals surface area contributed by atoms with Crippen molar-refractivity contribution in [3.63, 3.8) is 0 Å². The first kappa shape index (κ1) is 26.8.